The summed E-state index contributed by atoms with van der Waals surface area (Å²) in [6.45, 7) is 8.10. The lowest BCUT2D eigenvalue weighted by atomic mass is 10.1. The third kappa shape index (κ3) is 7.84. The van der Waals surface area contributed by atoms with Crippen molar-refractivity contribution in [2.75, 3.05) is 33.9 Å². The molecule has 0 radical (unpaired) electrons. The van der Waals surface area contributed by atoms with E-state index in [1.165, 1.54) is 14.2 Å². The quantitative estimate of drug-likeness (QED) is 0.118. The molecule has 3 aliphatic rings. The van der Waals surface area contributed by atoms with E-state index < -0.39 is 0 Å². The lowest BCUT2D eigenvalue weighted by Crippen LogP contribution is -2.24. The van der Waals surface area contributed by atoms with Crippen molar-refractivity contribution in [3.8, 4) is 0 Å². The van der Waals surface area contributed by atoms with E-state index in [-0.39, 0.29) is 25.1 Å². The molecule has 0 bridgehead atoms. The normalized spacial score (nSPS) is 14.1. The largest absolute Gasteiger partial charge is 0.399 e. The van der Waals surface area contributed by atoms with Crippen molar-refractivity contribution in [1.82, 2.24) is 29.7 Å². The Hall–Kier alpha value is -6.70. The molecule has 55 heavy (non-hydrogen) atoms. The fourth-order valence-corrected chi connectivity index (χ4v) is 6.92. The minimum absolute atomic E-state index is 0. The van der Waals surface area contributed by atoms with Crippen LogP contribution in [0.2, 0.25) is 0 Å². The van der Waals surface area contributed by atoms with Gasteiger partial charge in [0.2, 0.25) is 0 Å². The highest BCUT2D eigenvalue weighted by atomic mass is 16.6. The van der Waals surface area contributed by atoms with Gasteiger partial charge in [0.15, 0.2) is 6.29 Å². The lowest BCUT2D eigenvalue weighted by molar-refractivity contribution is 0.0948. The van der Waals surface area contributed by atoms with E-state index in [1.807, 2.05) is 73.3 Å². The smallest absolute Gasteiger partial charge is 0.253 e. The monoisotopic (exact) mass is 746 g/mol. The van der Waals surface area contributed by atoms with Crippen LogP contribution in [0.3, 0.4) is 0 Å². The second-order valence-corrected chi connectivity index (χ2v) is 12.2. The van der Waals surface area contributed by atoms with Gasteiger partial charge in [-0.05, 0) is 18.2 Å². The van der Waals surface area contributed by atoms with Crippen LogP contribution in [0.5, 0.6) is 0 Å². The van der Waals surface area contributed by atoms with Crippen LogP contribution in [0, 0.1) is 0 Å². The first kappa shape index (κ1) is 39.5. The zero-order valence-corrected chi connectivity index (χ0v) is 30.6. The second kappa shape index (κ2) is 17.9. The molecule has 6 aromatic rings. The molecule has 3 aliphatic heterocycles. The molecule has 9 rings (SSSR count). The number of benzene rings is 3. The molecule has 14 nitrogen and oxygen atoms in total. The molecule has 0 spiro atoms. The molecule has 0 fully saturated rings. The minimum Gasteiger partial charge on any atom is -0.399 e. The molecular formula is C41H46N8O6. The SMILES string of the molecule is C.CC.CO/N=C/c1cn2c3c(cccc13)C(=O)NCC2.CO/N=C\c1cn2c3c(cccc13)C(=O)NCC2.O=Cc1cn2c3c(cccc13)C(=O)NCC2. The Balaban J connectivity index is 0.000000154. The highest BCUT2D eigenvalue weighted by Crippen LogP contribution is 2.27. The molecule has 0 saturated heterocycles. The maximum Gasteiger partial charge on any atom is 0.253 e. The van der Waals surface area contributed by atoms with E-state index in [2.05, 4.69) is 35.4 Å². The third-order valence-electron chi connectivity index (χ3n) is 9.16. The first-order valence-corrected chi connectivity index (χ1v) is 17.7. The summed E-state index contributed by atoms with van der Waals surface area (Å²) < 4.78 is 6.13. The summed E-state index contributed by atoms with van der Waals surface area (Å²) in [6.07, 6.45) is 9.97. The van der Waals surface area contributed by atoms with Gasteiger partial charge in [0, 0.05) is 90.7 Å². The molecule has 0 atom stereocenters. The van der Waals surface area contributed by atoms with Crippen LogP contribution in [0.15, 0.2) is 83.5 Å². The number of amides is 3. The number of para-hydroxylation sites is 3. The van der Waals surface area contributed by atoms with Gasteiger partial charge in [-0.1, -0.05) is 68.0 Å². The predicted molar refractivity (Wildman–Crippen MR) is 215 cm³/mol. The number of aldehydes is 1. The Labute approximate surface area is 318 Å². The van der Waals surface area contributed by atoms with Crippen LogP contribution in [0.25, 0.3) is 32.7 Å². The number of oxime groups is 2. The number of rotatable bonds is 5. The summed E-state index contributed by atoms with van der Waals surface area (Å²) in [5.41, 5.74) is 7.42. The highest BCUT2D eigenvalue weighted by Gasteiger charge is 2.21. The number of hydrogen-bond acceptors (Lipinski definition) is 8. The average molecular weight is 747 g/mol. The van der Waals surface area contributed by atoms with Gasteiger partial charge in [0.25, 0.3) is 17.7 Å². The molecular weight excluding hydrogens is 701 g/mol. The highest BCUT2D eigenvalue weighted by molar-refractivity contribution is 6.12. The van der Waals surface area contributed by atoms with Gasteiger partial charge in [-0.3, -0.25) is 19.2 Å². The predicted octanol–water partition coefficient (Wildman–Crippen LogP) is 5.59. The molecule has 286 valence electrons. The zero-order valence-electron chi connectivity index (χ0n) is 30.6. The molecule has 3 aromatic carbocycles. The van der Waals surface area contributed by atoms with Crippen molar-refractivity contribution in [3.05, 3.63) is 107 Å². The molecule has 3 aromatic heterocycles. The molecule has 3 amide bonds. The van der Waals surface area contributed by atoms with Crippen LogP contribution in [0.1, 0.15) is 73.8 Å². The van der Waals surface area contributed by atoms with Gasteiger partial charge in [-0.15, -0.1) is 0 Å². The topological polar surface area (TPSA) is 162 Å². The van der Waals surface area contributed by atoms with Crippen LogP contribution in [-0.2, 0) is 29.3 Å². The van der Waals surface area contributed by atoms with Crippen molar-refractivity contribution in [3.63, 3.8) is 0 Å². The number of carbonyl (C=O) groups is 4. The van der Waals surface area contributed by atoms with Gasteiger partial charge in [-0.25, -0.2) is 0 Å². The first-order chi connectivity index (χ1) is 26.4. The van der Waals surface area contributed by atoms with E-state index in [4.69, 9.17) is 9.68 Å². The van der Waals surface area contributed by atoms with Gasteiger partial charge in [0.05, 0.1) is 45.7 Å². The van der Waals surface area contributed by atoms with Crippen LogP contribution < -0.4 is 16.0 Å². The van der Waals surface area contributed by atoms with E-state index in [0.717, 1.165) is 63.2 Å². The fourth-order valence-electron chi connectivity index (χ4n) is 6.92. The molecule has 0 unspecified atom stereocenters. The number of nitrogens with one attached hydrogen (secondary N) is 3. The Morgan fingerprint density at radius 3 is 1.22 bits per heavy atom. The number of nitrogens with zero attached hydrogens (tertiary/aromatic N) is 5. The first-order valence-electron chi connectivity index (χ1n) is 17.7. The Bertz CT molecular complexity index is 2300. The maximum absolute atomic E-state index is 11.9. The number of hydrogen-bond donors (Lipinski definition) is 3. The summed E-state index contributed by atoms with van der Waals surface area (Å²) >= 11 is 0. The van der Waals surface area contributed by atoms with Crippen molar-refractivity contribution >= 4 is 69.1 Å². The fraction of sp³-hybridized carbons (Fsp3) is 0.268. The van der Waals surface area contributed by atoms with Crippen molar-refractivity contribution in [1.29, 1.82) is 0 Å². The van der Waals surface area contributed by atoms with E-state index in [1.54, 1.807) is 30.8 Å². The minimum atomic E-state index is -0.0695. The molecule has 0 saturated carbocycles. The van der Waals surface area contributed by atoms with Crippen LogP contribution in [0.4, 0.5) is 0 Å². The molecule has 3 N–H and O–H groups in total. The van der Waals surface area contributed by atoms with Crippen LogP contribution >= 0.6 is 0 Å². The number of aromatic nitrogens is 3. The summed E-state index contributed by atoms with van der Waals surface area (Å²) in [5, 5.41) is 19.1. The summed E-state index contributed by atoms with van der Waals surface area (Å²) in [6, 6.07) is 16.9. The Kier molecular flexibility index (Phi) is 12.8. The van der Waals surface area contributed by atoms with Crippen LogP contribution in [-0.4, -0.2) is 84.0 Å². The van der Waals surface area contributed by atoms with Crippen molar-refractivity contribution < 1.29 is 28.9 Å². The number of carbonyl (C=O) groups excluding carboxylic acids is 4. The standard InChI is InChI=1S/2C13H13N3O2.C12H10N2O2.C2H6.CH4/c2*1-18-15-7-9-8-16-6-5-14-13(17)11-4-2-3-10(9)12(11)16;15-7-8-6-14-5-4-13-12(16)10-3-1-2-9(8)11(10)14;1-2;/h2*2-4,7-8H,5-6H2,1H3,(H,14,17);1-3,6-7H,4-5H2,(H,13,16);1-2H3;1H4/b15-7+;15-7-;;;. The zero-order chi connectivity index (χ0) is 38.2. The molecule has 6 heterocycles. The average Bonchev–Trinajstić information content (AvgIpc) is 3.75. The van der Waals surface area contributed by atoms with E-state index >= 15 is 0 Å². The molecule has 14 heteroatoms. The second-order valence-electron chi connectivity index (χ2n) is 12.2. The summed E-state index contributed by atoms with van der Waals surface area (Å²) in [4.78, 5) is 56.0. The Morgan fingerprint density at radius 2 is 0.891 bits per heavy atom. The van der Waals surface area contributed by atoms with Crippen molar-refractivity contribution in [2.45, 2.75) is 40.9 Å². The van der Waals surface area contributed by atoms with E-state index in [0.29, 0.717) is 48.4 Å². The maximum atomic E-state index is 11.9. The summed E-state index contributed by atoms with van der Waals surface area (Å²) in [5.74, 6) is -0.111. The van der Waals surface area contributed by atoms with Gasteiger partial charge in [-0.2, -0.15) is 0 Å². The lowest BCUT2D eigenvalue weighted by Gasteiger charge is -2.01. The van der Waals surface area contributed by atoms with Gasteiger partial charge in [0.1, 0.15) is 14.2 Å². The van der Waals surface area contributed by atoms with Gasteiger partial charge < -0.3 is 39.3 Å². The molecule has 0 aliphatic carbocycles. The third-order valence-corrected chi connectivity index (χ3v) is 9.16. The Morgan fingerprint density at radius 1 is 0.564 bits per heavy atom. The van der Waals surface area contributed by atoms with Crippen molar-refractivity contribution in [2.24, 2.45) is 10.3 Å². The van der Waals surface area contributed by atoms with Gasteiger partial charge >= 0.3 is 0 Å². The van der Waals surface area contributed by atoms with E-state index in [9.17, 15) is 19.2 Å². The summed E-state index contributed by atoms with van der Waals surface area (Å²) in [7, 11) is 3.02.